The fourth-order valence-electron chi connectivity index (χ4n) is 2.81. The van der Waals surface area contributed by atoms with Gasteiger partial charge < -0.3 is 4.98 Å². The summed E-state index contributed by atoms with van der Waals surface area (Å²) in [4.78, 5) is 3.31. The number of hydrogen-bond acceptors (Lipinski definition) is 2. The Balaban J connectivity index is 1.41. The molecule has 0 saturated carbocycles. The molecule has 0 saturated heterocycles. The van der Waals surface area contributed by atoms with Crippen molar-refractivity contribution in [2.24, 2.45) is 0 Å². The molecule has 1 N–H and O–H groups in total. The van der Waals surface area contributed by atoms with Gasteiger partial charge in [-0.1, -0.05) is 48.6 Å². The molecule has 0 aliphatic heterocycles. The minimum atomic E-state index is -0.122. The Morgan fingerprint density at radius 2 is 1.79 bits per heavy atom. The summed E-state index contributed by atoms with van der Waals surface area (Å²) in [7, 11) is 0. The molecule has 0 fully saturated rings. The van der Waals surface area contributed by atoms with Gasteiger partial charge >= 0.3 is 0 Å². The highest BCUT2D eigenvalue weighted by molar-refractivity contribution is 8.23. The van der Waals surface area contributed by atoms with Gasteiger partial charge in [0, 0.05) is 27.0 Å². The molecule has 1 heterocycles. The van der Waals surface area contributed by atoms with Crippen LogP contribution in [-0.4, -0.2) is 14.9 Å². The van der Waals surface area contributed by atoms with Crippen LogP contribution in [-0.2, 0) is 12.8 Å². The molecule has 3 aromatic rings. The third-order valence-corrected chi connectivity index (χ3v) is 5.59. The highest BCUT2D eigenvalue weighted by Gasteiger charge is 2.05. The van der Waals surface area contributed by atoms with Crippen molar-refractivity contribution in [3.8, 4) is 0 Å². The molecular formula is C20H20FNS2. The van der Waals surface area contributed by atoms with E-state index in [0.29, 0.717) is 0 Å². The van der Waals surface area contributed by atoms with Gasteiger partial charge in [0.2, 0.25) is 0 Å². The van der Waals surface area contributed by atoms with Gasteiger partial charge in [0.15, 0.2) is 0 Å². The summed E-state index contributed by atoms with van der Waals surface area (Å²) < 4.78 is 14.6. The molecule has 0 aliphatic carbocycles. The number of thiocarbonyl (C=S) groups is 1. The number of fused-ring (bicyclic) bond motifs is 1. The third kappa shape index (κ3) is 4.46. The van der Waals surface area contributed by atoms with Crippen LogP contribution in [0, 0.1) is 5.82 Å². The number of hydrogen-bond donors (Lipinski definition) is 1. The van der Waals surface area contributed by atoms with Gasteiger partial charge in [0.1, 0.15) is 5.82 Å². The summed E-state index contributed by atoms with van der Waals surface area (Å²) in [5.74, 6) is 0.718. The molecule has 2 aromatic carbocycles. The molecular weight excluding hydrogens is 337 g/mol. The van der Waals surface area contributed by atoms with Crippen molar-refractivity contribution in [1.29, 1.82) is 0 Å². The van der Waals surface area contributed by atoms with E-state index in [9.17, 15) is 4.39 Å². The van der Waals surface area contributed by atoms with Gasteiger partial charge in [-0.05, 0) is 48.9 Å². The lowest BCUT2D eigenvalue weighted by Gasteiger charge is -2.05. The van der Waals surface area contributed by atoms with E-state index in [2.05, 4.69) is 29.4 Å². The van der Waals surface area contributed by atoms with E-state index in [1.165, 1.54) is 22.5 Å². The fraction of sp³-hybridized carbons (Fsp3) is 0.250. The topological polar surface area (TPSA) is 15.8 Å². The van der Waals surface area contributed by atoms with Crippen LogP contribution in [0.15, 0.2) is 54.7 Å². The number of aryl methyl sites for hydroxylation is 2. The number of benzene rings is 2. The van der Waals surface area contributed by atoms with E-state index < -0.39 is 0 Å². The van der Waals surface area contributed by atoms with Gasteiger partial charge in [-0.25, -0.2) is 4.39 Å². The van der Waals surface area contributed by atoms with Crippen LogP contribution in [0.25, 0.3) is 10.9 Å². The molecule has 4 heteroatoms. The van der Waals surface area contributed by atoms with E-state index in [4.69, 9.17) is 12.2 Å². The van der Waals surface area contributed by atoms with E-state index in [1.807, 2.05) is 18.2 Å². The van der Waals surface area contributed by atoms with Crippen LogP contribution in [0.2, 0.25) is 0 Å². The lowest BCUT2D eigenvalue weighted by atomic mass is 10.1. The molecule has 0 radical (unpaired) electrons. The van der Waals surface area contributed by atoms with Gasteiger partial charge in [-0.3, -0.25) is 0 Å². The van der Waals surface area contributed by atoms with Crippen molar-refractivity contribution in [1.82, 2.24) is 4.98 Å². The van der Waals surface area contributed by atoms with Crippen molar-refractivity contribution in [3.05, 3.63) is 71.7 Å². The summed E-state index contributed by atoms with van der Waals surface area (Å²) in [6.07, 6.45) is 5.82. The first-order valence-electron chi connectivity index (χ1n) is 8.18. The molecule has 0 aliphatic rings. The molecule has 3 rings (SSSR count). The van der Waals surface area contributed by atoms with E-state index in [0.717, 1.165) is 41.2 Å². The Bertz CT molecular complexity index is 825. The number of aromatic amines is 1. The maximum Gasteiger partial charge on any atom is 0.126 e. The van der Waals surface area contributed by atoms with Gasteiger partial charge in [0.25, 0.3) is 0 Å². The highest BCUT2D eigenvalue weighted by Crippen LogP contribution is 2.21. The normalized spacial score (nSPS) is 11.0. The fourth-order valence-corrected chi connectivity index (χ4v) is 4.04. The number of para-hydroxylation sites is 1. The predicted molar refractivity (Wildman–Crippen MR) is 106 cm³/mol. The monoisotopic (exact) mass is 357 g/mol. The first kappa shape index (κ1) is 17.2. The van der Waals surface area contributed by atoms with Gasteiger partial charge in [0.05, 0.1) is 0 Å². The Hall–Kier alpha value is -1.65. The second kappa shape index (κ2) is 8.45. The van der Waals surface area contributed by atoms with Crippen LogP contribution in [0.5, 0.6) is 0 Å². The largest absolute Gasteiger partial charge is 0.361 e. The van der Waals surface area contributed by atoms with Crippen LogP contribution in [0.1, 0.15) is 24.0 Å². The Morgan fingerprint density at radius 1 is 1.00 bits per heavy atom. The van der Waals surface area contributed by atoms with Crippen molar-refractivity contribution >= 4 is 39.1 Å². The maximum absolute atomic E-state index is 13.6. The average Bonchev–Trinajstić information content (AvgIpc) is 3.00. The zero-order chi connectivity index (χ0) is 16.8. The molecule has 0 spiro atoms. The summed E-state index contributed by atoms with van der Waals surface area (Å²) in [5.41, 5.74) is 3.31. The maximum atomic E-state index is 13.6. The Labute approximate surface area is 151 Å². The second-order valence-electron chi connectivity index (χ2n) is 5.77. The number of H-pyrrole nitrogens is 1. The molecule has 0 unspecified atom stereocenters. The molecule has 1 aromatic heterocycles. The van der Waals surface area contributed by atoms with E-state index in [-0.39, 0.29) is 5.82 Å². The average molecular weight is 358 g/mol. The quantitative estimate of drug-likeness (QED) is 0.527. The van der Waals surface area contributed by atoms with Crippen molar-refractivity contribution in [2.45, 2.75) is 25.7 Å². The molecule has 0 atom stereocenters. The number of thioether (sulfide) groups is 1. The van der Waals surface area contributed by atoms with Gasteiger partial charge in [-0.15, -0.1) is 11.8 Å². The first-order valence-corrected chi connectivity index (χ1v) is 9.57. The molecule has 1 nitrogen and oxygen atoms in total. The summed E-state index contributed by atoms with van der Waals surface area (Å²) in [6.45, 7) is 0. The zero-order valence-corrected chi connectivity index (χ0v) is 15.1. The predicted octanol–water partition coefficient (Wildman–Crippen LogP) is 5.93. The summed E-state index contributed by atoms with van der Waals surface area (Å²) >= 11 is 7.13. The third-order valence-electron chi connectivity index (χ3n) is 4.09. The molecule has 124 valence electrons. The van der Waals surface area contributed by atoms with Crippen molar-refractivity contribution in [3.63, 3.8) is 0 Å². The standard InChI is InChI=1S/C20H20FNS2/c21-18-9-3-1-6-15(18)12-13-24-20(23)11-5-7-16-14-22-19-10-4-2-8-17(16)19/h1-4,6,8-10,14,22H,5,7,11-13H2. The summed E-state index contributed by atoms with van der Waals surface area (Å²) in [5, 5.41) is 1.30. The molecule has 0 amide bonds. The molecule has 24 heavy (non-hydrogen) atoms. The van der Waals surface area contributed by atoms with Crippen LogP contribution in [0.3, 0.4) is 0 Å². The van der Waals surface area contributed by atoms with E-state index in [1.54, 1.807) is 17.8 Å². The number of nitrogens with one attached hydrogen (secondary N) is 1. The number of rotatable bonds is 7. The SMILES string of the molecule is Fc1ccccc1CCSC(=S)CCCc1c[nH]c2ccccc12. The smallest absolute Gasteiger partial charge is 0.126 e. The lowest BCUT2D eigenvalue weighted by molar-refractivity contribution is 0.613. The Morgan fingerprint density at radius 3 is 2.67 bits per heavy atom. The van der Waals surface area contributed by atoms with Gasteiger partial charge in [-0.2, -0.15) is 0 Å². The zero-order valence-electron chi connectivity index (χ0n) is 13.4. The van der Waals surface area contributed by atoms with Crippen LogP contribution in [0.4, 0.5) is 4.39 Å². The van der Waals surface area contributed by atoms with Crippen LogP contribution < -0.4 is 0 Å². The summed E-state index contributed by atoms with van der Waals surface area (Å²) in [6, 6.07) is 15.3. The van der Waals surface area contributed by atoms with Crippen LogP contribution >= 0.6 is 24.0 Å². The number of halogens is 1. The minimum absolute atomic E-state index is 0.122. The lowest BCUT2D eigenvalue weighted by Crippen LogP contribution is -1.97. The minimum Gasteiger partial charge on any atom is -0.361 e. The number of aromatic nitrogens is 1. The first-order chi connectivity index (χ1) is 11.7. The molecule has 0 bridgehead atoms. The Kier molecular flexibility index (Phi) is 6.05. The highest BCUT2D eigenvalue weighted by atomic mass is 32.2. The second-order valence-corrected chi connectivity index (χ2v) is 7.72. The van der Waals surface area contributed by atoms with E-state index >= 15 is 0 Å². The van der Waals surface area contributed by atoms with Crippen molar-refractivity contribution in [2.75, 3.05) is 5.75 Å². The van der Waals surface area contributed by atoms with Crippen molar-refractivity contribution < 1.29 is 4.39 Å².